The highest BCUT2D eigenvalue weighted by molar-refractivity contribution is 7.16. The summed E-state index contributed by atoms with van der Waals surface area (Å²) in [5.74, 6) is -0.409. The molecule has 6 heteroatoms. The minimum atomic E-state index is -0.939. The Morgan fingerprint density at radius 2 is 1.87 bits per heavy atom. The van der Waals surface area contributed by atoms with Crippen LogP contribution in [0.5, 0.6) is 0 Å². The molecule has 0 saturated carbocycles. The van der Waals surface area contributed by atoms with Gasteiger partial charge in [-0.3, -0.25) is 4.79 Å². The lowest BCUT2D eigenvalue weighted by molar-refractivity contribution is -0.136. The first kappa shape index (κ1) is 13.8. The average Bonchev–Trinajstić information content (AvgIpc) is 3.05. The maximum absolute atomic E-state index is 11.4. The molecule has 4 rings (SSSR count). The summed E-state index contributed by atoms with van der Waals surface area (Å²) >= 11 is 0.988. The van der Waals surface area contributed by atoms with E-state index in [1.54, 1.807) is 12.1 Å². The Bertz CT molecular complexity index is 1080. The maximum atomic E-state index is 11.4. The molecule has 0 unspecified atom stereocenters. The number of hydrogen-bond donors (Lipinski definition) is 1. The lowest BCUT2D eigenvalue weighted by atomic mass is 10.0. The molecule has 2 heterocycles. The summed E-state index contributed by atoms with van der Waals surface area (Å²) in [6, 6.07) is 12.7. The minimum Gasteiger partial charge on any atom is -0.481 e. The highest BCUT2D eigenvalue weighted by Crippen LogP contribution is 2.36. The molecule has 114 valence electrons. The van der Waals surface area contributed by atoms with Gasteiger partial charge in [-0.25, -0.2) is 4.79 Å². The summed E-state index contributed by atoms with van der Waals surface area (Å²) in [6.45, 7) is 0. The second-order valence-electron chi connectivity index (χ2n) is 5.10. The zero-order chi connectivity index (χ0) is 16.0. The Balaban J connectivity index is 2.05. The number of fused-ring (bicyclic) bond motifs is 2. The number of carboxylic acids is 1. The zero-order valence-electron chi connectivity index (χ0n) is 11.7. The van der Waals surface area contributed by atoms with Crippen LogP contribution in [0.4, 0.5) is 0 Å². The van der Waals surface area contributed by atoms with Crippen LogP contribution in [0.1, 0.15) is 5.56 Å². The maximum Gasteiger partial charge on any atom is 0.396 e. The molecule has 4 aromatic rings. The molecule has 23 heavy (non-hydrogen) atoms. The molecular formula is C17H10O5S. The smallest absolute Gasteiger partial charge is 0.396 e. The molecule has 0 bridgehead atoms. The molecule has 0 aliphatic rings. The van der Waals surface area contributed by atoms with Gasteiger partial charge in [-0.15, -0.1) is 0 Å². The third kappa shape index (κ3) is 2.33. The second kappa shape index (κ2) is 5.10. The van der Waals surface area contributed by atoms with Gasteiger partial charge in [-0.2, -0.15) is 0 Å². The molecule has 0 spiro atoms. The van der Waals surface area contributed by atoms with Crippen LogP contribution in [-0.4, -0.2) is 11.1 Å². The summed E-state index contributed by atoms with van der Waals surface area (Å²) in [6.07, 6.45) is -0.157. The fourth-order valence-electron chi connectivity index (χ4n) is 2.66. The normalized spacial score (nSPS) is 11.3. The Morgan fingerprint density at radius 3 is 2.61 bits per heavy atom. The molecular weight excluding hydrogens is 316 g/mol. The Hall–Kier alpha value is -2.86. The number of benzene rings is 2. The summed E-state index contributed by atoms with van der Waals surface area (Å²) in [7, 11) is 0. The molecule has 0 fully saturated rings. The van der Waals surface area contributed by atoms with Crippen LogP contribution in [-0.2, 0) is 11.2 Å². The van der Waals surface area contributed by atoms with Gasteiger partial charge in [0.15, 0.2) is 5.58 Å². The van der Waals surface area contributed by atoms with Crippen molar-refractivity contribution in [3.05, 3.63) is 57.8 Å². The quantitative estimate of drug-likeness (QED) is 0.617. The number of furan rings is 1. The van der Waals surface area contributed by atoms with Crippen molar-refractivity contribution < 1.29 is 18.7 Å². The van der Waals surface area contributed by atoms with Gasteiger partial charge < -0.3 is 13.9 Å². The van der Waals surface area contributed by atoms with Gasteiger partial charge in [0.05, 0.1) is 11.1 Å². The van der Waals surface area contributed by atoms with Crippen molar-refractivity contribution in [2.45, 2.75) is 6.42 Å². The van der Waals surface area contributed by atoms with E-state index in [1.165, 1.54) is 0 Å². The zero-order valence-corrected chi connectivity index (χ0v) is 12.6. The van der Waals surface area contributed by atoms with Crippen molar-refractivity contribution in [2.75, 3.05) is 0 Å². The summed E-state index contributed by atoms with van der Waals surface area (Å²) in [4.78, 5) is 22.2. The molecule has 0 atom stereocenters. The van der Waals surface area contributed by atoms with Crippen LogP contribution >= 0.6 is 11.3 Å². The predicted octanol–water partition coefficient (Wildman–Crippen LogP) is 3.89. The Kier molecular flexibility index (Phi) is 3.06. The van der Waals surface area contributed by atoms with E-state index in [2.05, 4.69) is 0 Å². The third-order valence-corrected chi connectivity index (χ3v) is 4.40. The first-order valence-corrected chi connectivity index (χ1v) is 7.70. The van der Waals surface area contributed by atoms with E-state index in [4.69, 9.17) is 8.83 Å². The van der Waals surface area contributed by atoms with Crippen LogP contribution < -0.4 is 4.94 Å². The van der Waals surface area contributed by atoms with Crippen molar-refractivity contribution >= 4 is 38.6 Å². The number of carboxylic acid groups (broad SMARTS) is 1. The molecule has 5 nitrogen and oxygen atoms in total. The van der Waals surface area contributed by atoms with Gasteiger partial charge in [0.1, 0.15) is 11.3 Å². The highest BCUT2D eigenvalue weighted by atomic mass is 32.1. The van der Waals surface area contributed by atoms with E-state index in [1.807, 2.05) is 30.3 Å². The molecule has 0 saturated heterocycles. The molecule has 0 aliphatic carbocycles. The van der Waals surface area contributed by atoms with E-state index in [0.717, 1.165) is 16.9 Å². The predicted molar refractivity (Wildman–Crippen MR) is 86.9 cm³/mol. The second-order valence-corrected chi connectivity index (χ2v) is 6.07. The van der Waals surface area contributed by atoms with Crippen molar-refractivity contribution in [3.8, 4) is 11.3 Å². The summed E-state index contributed by atoms with van der Waals surface area (Å²) in [5, 5.41) is 9.92. The molecule has 1 N–H and O–H groups in total. The van der Waals surface area contributed by atoms with Crippen molar-refractivity contribution in [1.82, 2.24) is 0 Å². The van der Waals surface area contributed by atoms with Crippen LogP contribution in [0.2, 0.25) is 0 Å². The average molecular weight is 326 g/mol. The summed E-state index contributed by atoms with van der Waals surface area (Å²) < 4.78 is 11.7. The SMILES string of the molecule is O=C(O)Cc1c(-c2ccccc2)oc2cc3oc(=O)sc3cc12. The molecule has 0 radical (unpaired) electrons. The molecule has 2 aromatic carbocycles. The topological polar surface area (TPSA) is 80.7 Å². The van der Waals surface area contributed by atoms with Crippen LogP contribution in [0.25, 0.3) is 32.6 Å². The number of hydrogen-bond acceptors (Lipinski definition) is 5. The van der Waals surface area contributed by atoms with Crippen LogP contribution in [0.15, 0.2) is 56.1 Å². The fourth-order valence-corrected chi connectivity index (χ4v) is 3.35. The van der Waals surface area contributed by atoms with Crippen LogP contribution in [0.3, 0.4) is 0 Å². The third-order valence-electron chi connectivity index (χ3n) is 3.61. The Morgan fingerprint density at radius 1 is 1.09 bits per heavy atom. The monoisotopic (exact) mass is 326 g/mol. The lowest BCUT2D eigenvalue weighted by Gasteiger charge is -2.00. The van der Waals surface area contributed by atoms with E-state index in [-0.39, 0.29) is 6.42 Å². The van der Waals surface area contributed by atoms with Crippen molar-refractivity contribution in [2.24, 2.45) is 0 Å². The summed E-state index contributed by atoms with van der Waals surface area (Å²) in [5.41, 5.74) is 2.36. The fraction of sp³-hybridized carbons (Fsp3) is 0.0588. The molecule has 0 amide bonds. The van der Waals surface area contributed by atoms with E-state index < -0.39 is 10.9 Å². The van der Waals surface area contributed by atoms with Crippen molar-refractivity contribution in [1.29, 1.82) is 0 Å². The van der Waals surface area contributed by atoms with E-state index in [9.17, 15) is 14.7 Å². The lowest BCUT2D eigenvalue weighted by Crippen LogP contribution is -2.00. The van der Waals surface area contributed by atoms with Crippen LogP contribution in [0, 0.1) is 0 Å². The standard InChI is InChI=1S/C17H10O5S/c18-15(19)7-11-10-6-14-13(22-17(20)23-14)8-12(10)21-16(11)9-4-2-1-3-5-9/h1-6,8H,7H2,(H,18,19). The van der Waals surface area contributed by atoms with Gasteiger partial charge >= 0.3 is 10.9 Å². The molecule has 0 aliphatic heterocycles. The van der Waals surface area contributed by atoms with E-state index >= 15 is 0 Å². The van der Waals surface area contributed by atoms with Crippen molar-refractivity contribution in [3.63, 3.8) is 0 Å². The highest BCUT2D eigenvalue weighted by Gasteiger charge is 2.20. The molecule has 2 aromatic heterocycles. The first-order valence-electron chi connectivity index (χ1n) is 6.88. The minimum absolute atomic E-state index is 0.157. The van der Waals surface area contributed by atoms with Gasteiger partial charge in [0.2, 0.25) is 0 Å². The van der Waals surface area contributed by atoms with Gasteiger partial charge in [0.25, 0.3) is 0 Å². The largest absolute Gasteiger partial charge is 0.481 e. The number of rotatable bonds is 3. The van der Waals surface area contributed by atoms with E-state index in [0.29, 0.717) is 32.6 Å². The van der Waals surface area contributed by atoms with Gasteiger partial charge in [0, 0.05) is 22.6 Å². The first-order chi connectivity index (χ1) is 11.1. The number of aliphatic carboxylic acids is 1. The van der Waals surface area contributed by atoms with Gasteiger partial charge in [-0.1, -0.05) is 41.7 Å². The van der Waals surface area contributed by atoms with Gasteiger partial charge in [-0.05, 0) is 6.07 Å². The Labute approximate surface area is 133 Å². The number of carbonyl (C=O) groups is 1.